The second kappa shape index (κ2) is 10.4. The number of ether oxygens (including phenoxy) is 2. The predicted octanol–water partition coefficient (Wildman–Crippen LogP) is 4.96. The number of hydrogen-bond acceptors (Lipinski definition) is 7. The fourth-order valence-corrected chi connectivity index (χ4v) is 9.59. The van der Waals surface area contributed by atoms with Gasteiger partial charge in [0.2, 0.25) is 0 Å². The summed E-state index contributed by atoms with van der Waals surface area (Å²) in [6, 6.07) is 15.8. The van der Waals surface area contributed by atoms with Gasteiger partial charge in [-0.2, -0.15) is 0 Å². The topological polar surface area (TPSA) is 105 Å². The lowest BCUT2D eigenvalue weighted by Gasteiger charge is -2.63. The molecule has 4 aliphatic carbocycles. The fraction of sp³-hybridized carbons (Fsp3) is 0.500. The minimum atomic E-state index is -2.29. The highest BCUT2D eigenvalue weighted by atomic mass is 19.1. The van der Waals surface area contributed by atoms with Gasteiger partial charge in [-0.3, -0.25) is 9.59 Å². The summed E-state index contributed by atoms with van der Waals surface area (Å²) in [5, 5.41) is 25.0. The van der Waals surface area contributed by atoms with Crippen molar-refractivity contribution in [1.29, 1.82) is 0 Å². The largest absolute Gasteiger partial charge is 0.390 e. The minimum absolute atomic E-state index is 0.0427. The number of aliphatic hydroxyl groups is 2. The number of aliphatic hydroxyl groups excluding tert-OH is 2. The number of benzene rings is 2. The molecule has 238 valence electrons. The molecule has 0 aromatic heterocycles. The zero-order valence-electron chi connectivity index (χ0n) is 25.6. The van der Waals surface area contributed by atoms with Crippen molar-refractivity contribution < 1.29 is 38.1 Å². The number of rotatable bonds is 6. The van der Waals surface area contributed by atoms with Crippen molar-refractivity contribution in [1.82, 2.24) is 0 Å². The van der Waals surface area contributed by atoms with E-state index in [1.807, 2.05) is 55.6 Å². The molecule has 0 radical (unpaired) electrons. The number of carbonyl (C=O) groups is 2. The Morgan fingerprint density at radius 2 is 1.84 bits per heavy atom. The molecule has 1 saturated heterocycles. The Balaban J connectivity index is 1.22. The Hall–Kier alpha value is -3.24. The number of nitrogens with one attached hydrogen (secondary N) is 1. The summed E-state index contributed by atoms with van der Waals surface area (Å²) in [5.41, 5.74) is -2.75. The fourth-order valence-electron chi connectivity index (χ4n) is 9.59. The van der Waals surface area contributed by atoms with Crippen LogP contribution < -0.4 is 5.32 Å². The van der Waals surface area contributed by atoms with Crippen LogP contribution in [-0.2, 0) is 25.5 Å². The van der Waals surface area contributed by atoms with Crippen molar-refractivity contribution in [2.24, 2.45) is 22.7 Å². The Labute approximate surface area is 261 Å². The molecule has 3 N–H and O–H groups in total. The number of allylic oxidation sites excluding steroid dienone is 4. The summed E-state index contributed by atoms with van der Waals surface area (Å²) in [5.74, 6) is -2.59. The van der Waals surface area contributed by atoms with Gasteiger partial charge in [0.05, 0.1) is 12.2 Å². The molecular formula is C36H39F2NO6. The van der Waals surface area contributed by atoms with Crippen molar-refractivity contribution >= 4 is 17.3 Å². The van der Waals surface area contributed by atoms with Gasteiger partial charge in [-0.15, -0.1) is 0 Å². The number of ketones is 2. The molecule has 2 aromatic carbocycles. The molecule has 9 heteroatoms. The lowest BCUT2D eigenvalue weighted by atomic mass is 9.44. The first-order chi connectivity index (χ1) is 21.4. The first kappa shape index (κ1) is 30.4. The van der Waals surface area contributed by atoms with Crippen LogP contribution in [0.25, 0.3) is 0 Å². The number of hydrogen-bond donors (Lipinski definition) is 3. The Bertz CT molecular complexity index is 1610. The van der Waals surface area contributed by atoms with E-state index < -0.39 is 76.8 Å². The average Bonchev–Trinajstić information content (AvgIpc) is 3.53. The van der Waals surface area contributed by atoms with Gasteiger partial charge < -0.3 is 25.0 Å². The van der Waals surface area contributed by atoms with Gasteiger partial charge in [-0.1, -0.05) is 49.4 Å². The van der Waals surface area contributed by atoms with Crippen molar-refractivity contribution in [2.45, 2.75) is 75.5 Å². The second-order valence-corrected chi connectivity index (χ2v) is 13.9. The Kier molecular flexibility index (Phi) is 7.02. The highest BCUT2D eigenvalue weighted by Crippen LogP contribution is 2.72. The second-order valence-electron chi connectivity index (χ2n) is 13.9. The van der Waals surface area contributed by atoms with E-state index in [4.69, 9.17) is 9.47 Å². The predicted molar refractivity (Wildman–Crippen MR) is 163 cm³/mol. The molecule has 4 fully saturated rings. The Morgan fingerprint density at radius 1 is 1.09 bits per heavy atom. The number of fused-ring (bicyclic) bond motifs is 7. The smallest absolute Gasteiger partial charge is 0.193 e. The van der Waals surface area contributed by atoms with E-state index in [1.165, 1.54) is 12.2 Å². The lowest BCUT2D eigenvalue weighted by molar-refractivity contribution is -0.235. The number of anilines is 1. The SMILES string of the molecule is CNc1ccc(Cc2cccc([C@H]3O[C@@H]4C[C@H]5[C@@H]6C[C@H](F)C7=CC(=O)C=C[C@]7(C)[C@@]6(F)[C@@H](O)C[C@]5(C)[C@]4(C(=O)CO)O3)c2)cc1. The van der Waals surface area contributed by atoms with E-state index >= 15 is 8.78 Å². The van der Waals surface area contributed by atoms with E-state index in [2.05, 4.69) is 5.32 Å². The van der Waals surface area contributed by atoms with Crippen LogP contribution in [-0.4, -0.2) is 65.1 Å². The maximum absolute atomic E-state index is 17.6. The summed E-state index contributed by atoms with van der Waals surface area (Å²) < 4.78 is 46.5. The molecule has 2 aromatic rings. The minimum Gasteiger partial charge on any atom is -0.390 e. The van der Waals surface area contributed by atoms with Crippen LogP contribution in [0.3, 0.4) is 0 Å². The third kappa shape index (κ3) is 4.06. The summed E-state index contributed by atoms with van der Waals surface area (Å²) in [7, 11) is 1.87. The standard InChI is InChI=1S/C36H39F2NO6/c1-33-12-11-24(41)15-27(33)28(37)16-26-25-17-31-36(30(43)19-40,34(25,2)18-29(42)35(26,33)38)45-32(44-31)22-6-4-5-21(14-22)13-20-7-9-23(39-3)10-8-20/h4-12,14-15,25-26,28-29,31-32,39-40,42H,13,16-19H2,1-3H3/t25-,26-,28-,29-,31+,32-,33-,34-,35-,36+/m0/s1. The van der Waals surface area contributed by atoms with Crippen LogP contribution in [0.15, 0.2) is 72.3 Å². The maximum atomic E-state index is 17.6. The first-order valence-corrected chi connectivity index (χ1v) is 15.7. The molecule has 3 saturated carbocycles. The van der Waals surface area contributed by atoms with Gasteiger partial charge in [-0.25, -0.2) is 8.78 Å². The summed E-state index contributed by atoms with van der Waals surface area (Å²) in [6.07, 6.45) is -0.697. The Morgan fingerprint density at radius 3 is 2.56 bits per heavy atom. The normalized spacial score (nSPS) is 41.5. The lowest BCUT2D eigenvalue weighted by Crippen LogP contribution is -2.70. The van der Waals surface area contributed by atoms with Gasteiger partial charge in [0, 0.05) is 35.0 Å². The third-order valence-electron chi connectivity index (χ3n) is 11.8. The van der Waals surface area contributed by atoms with Crippen molar-refractivity contribution in [3.8, 4) is 0 Å². The molecule has 0 unspecified atom stereocenters. The summed E-state index contributed by atoms with van der Waals surface area (Å²) in [6.45, 7) is 2.51. The summed E-state index contributed by atoms with van der Waals surface area (Å²) >= 11 is 0. The number of Topliss-reactive ketones (excluding diaryl/α,β-unsaturated/α-hetero) is 1. The molecule has 0 amide bonds. The number of carbonyl (C=O) groups excluding carboxylic acids is 2. The zero-order valence-corrected chi connectivity index (χ0v) is 25.6. The summed E-state index contributed by atoms with van der Waals surface area (Å²) in [4.78, 5) is 25.9. The van der Waals surface area contributed by atoms with Crippen LogP contribution in [0, 0.1) is 22.7 Å². The van der Waals surface area contributed by atoms with E-state index in [1.54, 1.807) is 13.8 Å². The van der Waals surface area contributed by atoms with Crippen LogP contribution in [0.2, 0.25) is 0 Å². The van der Waals surface area contributed by atoms with Crippen molar-refractivity contribution in [2.75, 3.05) is 19.0 Å². The van der Waals surface area contributed by atoms with E-state index in [0.29, 0.717) is 12.0 Å². The maximum Gasteiger partial charge on any atom is 0.193 e. The average molecular weight is 620 g/mol. The van der Waals surface area contributed by atoms with E-state index in [-0.39, 0.29) is 24.8 Å². The molecule has 0 spiro atoms. The molecule has 5 aliphatic rings. The molecule has 45 heavy (non-hydrogen) atoms. The van der Waals surface area contributed by atoms with Gasteiger partial charge >= 0.3 is 0 Å². The highest BCUT2D eigenvalue weighted by molar-refractivity contribution is 6.01. The van der Waals surface area contributed by atoms with E-state index in [0.717, 1.165) is 22.9 Å². The van der Waals surface area contributed by atoms with Crippen molar-refractivity contribution in [3.63, 3.8) is 0 Å². The molecule has 0 bridgehead atoms. The first-order valence-electron chi connectivity index (χ1n) is 15.7. The van der Waals surface area contributed by atoms with Gasteiger partial charge in [-0.05, 0) is 79.5 Å². The van der Waals surface area contributed by atoms with Crippen LogP contribution in [0.4, 0.5) is 14.5 Å². The molecular weight excluding hydrogens is 580 g/mol. The van der Waals surface area contributed by atoms with Crippen LogP contribution in [0.1, 0.15) is 56.1 Å². The number of halogens is 2. The molecule has 7 nitrogen and oxygen atoms in total. The van der Waals surface area contributed by atoms with Gasteiger partial charge in [0.15, 0.2) is 29.1 Å². The number of alkyl halides is 2. The van der Waals surface area contributed by atoms with Crippen molar-refractivity contribution in [3.05, 3.63) is 89.0 Å². The van der Waals surface area contributed by atoms with Crippen LogP contribution in [0.5, 0.6) is 0 Å². The van der Waals surface area contributed by atoms with Gasteiger partial charge in [0.25, 0.3) is 0 Å². The van der Waals surface area contributed by atoms with Gasteiger partial charge in [0.1, 0.15) is 12.8 Å². The zero-order chi connectivity index (χ0) is 31.9. The molecule has 7 rings (SSSR count). The molecule has 1 heterocycles. The highest BCUT2D eigenvalue weighted by Gasteiger charge is 2.80. The van der Waals surface area contributed by atoms with E-state index in [9.17, 15) is 19.8 Å². The monoisotopic (exact) mass is 619 g/mol. The third-order valence-corrected chi connectivity index (χ3v) is 11.8. The quantitative estimate of drug-likeness (QED) is 0.420. The molecule has 1 aliphatic heterocycles. The van der Waals surface area contributed by atoms with Crippen LogP contribution >= 0.6 is 0 Å². The molecule has 10 atom stereocenters.